The number of unbranched alkanes of at least 4 members (excludes halogenated alkanes) is 15. The molecule has 192 valence electrons. The van der Waals surface area contributed by atoms with Gasteiger partial charge in [-0.2, -0.15) is 8.42 Å². The zero-order valence-electron chi connectivity index (χ0n) is 20.9. The van der Waals surface area contributed by atoms with Gasteiger partial charge in [0, 0.05) is 13.7 Å². The van der Waals surface area contributed by atoms with E-state index >= 15 is 0 Å². The summed E-state index contributed by atoms with van der Waals surface area (Å²) in [6.07, 6.45) is 20.9. The molecule has 0 aliphatic carbocycles. The van der Waals surface area contributed by atoms with E-state index < -0.39 is 22.3 Å². The van der Waals surface area contributed by atoms with Gasteiger partial charge in [-0.1, -0.05) is 103 Å². The Balaban J connectivity index is 3.36. The average Bonchev–Trinajstić information content (AvgIpc) is 2.75. The summed E-state index contributed by atoms with van der Waals surface area (Å²) in [6.45, 7) is 2.61. The molecule has 0 saturated carbocycles. The number of hydrogen-bond donors (Lipinski definition) is 1. The highest BCUT2D eigenvalue weighted by molar-refractivity contribution is 7.85. The van der Waals surface area contributed by atoms with Crippen LogP contribution in [-0.2, 0) is 23.8 Å². The van der Waals surface area contributed by atoms with E-state index in [0.29, 0.717) is 6.54 Å². The molecule has 0 fully saturated rings. The second-order valence-electron chi connectivity index (χ2n) is 8.67. The van der Waals surface area contributed by atoms with Crippen molar-refractivity contribution in [2.75, 3.05) is 33.1 Å². The first-order chi connectivity index (χ1) is 15.4. The van der Waals surface area contributed by atoms with Gasteiger partial charge in [-0.25, -0.2) is 4.79 Å². The molecule has 0 heterocycles. The number of alkyl carbamates (subject to hydrolysis) is 1. The molecule has 7 nitrogen and oxygen atoms in total. The fourth-order valence-corrected chi connectivity index (χ4v) is 3.87. The number of rotatable bonds is 23. The highest BCUT2D eigenvalue weighted by Crippen LogP contribution is 2.13. The lowest BCUT2D eigenvalue weighted by molar-refractivity contribution is 0.00963. The smallest absolute Gasteiger partial charge is 0.407 e. The van der Waals surface area contributed by atoms with Gasteiger partial charge >= 0.3 is 6.09 Å². The molecule has 0 aliphatic heterocycles. The molecule has 0 rings (SSSR count). The summed E-state index contributed by atoms with van der Waals surface area (Å²) < 4.78 is 36.7. The summed E-state index contributed by atoms with van der Waals surface area (Å²) in [4.78, 5) is 11.7. The molecular formula is C24H49NO6S. The predicted octanol–water partition coefficient (Wildman–Crippen LogP) is 5.97. The van der Waals surface area contributed by atoms with Crippen LogP contribution in [0.2, 0.25) is 0 Å². The van der Waals surface area contributed by atoms with Crippen LogP contribution in [0.25, 0.3) is 0 Å². The lowest BCUT2D eigenvalue weighted by atomic mass is 10.0. The number of methoxy groups -OCH3 is 1. The number of ether oxygens (including phenoxy) is 2. The Morgan fingerprint density at radius 1 is 0.750 bits per heavy atom. The third kappa shape index (κ3) is 23.8. The fourth-order valence-electron chi connectivity index (χ4n) is 3.47. The Morgan fingerprint density at radius 3 is 1.59 bits per heavy atom. The van der Waals surface area contributed by atoms with Gasteiger partial charge in [-0.05, 0) is 6.42 Å². The average molecular weight is 480 g/mol. The van der Waals surface area contributed by atoms with Crippen molar-refractivity contribution >= 4 is 16.2 Å². The third-order valence-corrected chi connectivity index (χ3v) is 6.07. The Morgan fingerprint density at radius 2 is 1.19 bits per heavy atom. The molecule has 0 aromatic carbocycles. The van der Waals surface area contributed by atoms with Gasteiger partial charge in [0.05, 0.1) is 12.9 Å². The molecule has 1 atom stereocenters. The molecule has 0 radical (unpaired) electrons. The Hall–Kier alpha value is -0.860. The minimum Gasteiger partial charge on any atom is -0.447 e. The molecule has 8 heteroatoms. The van der Waals surface area contributed by atoms with Gasteiger partial charge in [-0.15, -0.1) is 0 Å². The molecule has 0 aliphatic rings. The first-order valence-corrected chi connectivity index (χ1v) is 14.5. The van der Waals surface area contributed by atoms with E-state index in [4.69, 9.17) is 9.47 Å². The van der Waals surface area contributed by atoms with Crippen molar-refractivity contribution in [3.63, 3.8) is 0 Å². The van der Waals surface area contributed by atoms with E-state index in [1.807, 2.05) is 0 Å². The maximum atomic E-state index is 11.7. The zero-order chi connectivity index (χ0) is 23.9. The quantitative estimate of drug-likeness (QED) is 0.143. The summed E-state index contributed by atoms with van der Waals surface area (Å²) in [5.74, 6) is 0. The van der Waals surface area contributed by atoms with Gasteiger partial charge in [0.25, 0.3) is 10.1 Å². The van der Waals surface area contributed by atoms with Crippen LogP contribution in [0.5, 0.6) is 0 Å². The normalized spacial score (nSPS) is 12.6. The predicted molar refractivity (Wildman–Crippen MR) is 130 cm³/mol. The number of amides is 1. The van der Waals surface area contributed by atoms with Gasteiger partial charge in [0.1, 0.15) is 12.7 Å². The Kier molecular flexibility index (Phi) is 21.4. The van der Waals surface area contributed by atoms with Crippen molar-refractivity contribution in [1.29, 1.82) is 0 Å². The van der Waals surface area contributed by atoms with Crippen LogP contribution in [0.1, 0.15) is 110 Å². The molecule has 1 unspecified atom stereocenters. The Bertz CT molecular complexity index is 527. The highest BCUT2D eigenvalue weighted by Gasteiger charge is 2.14. The standard InChI is InChI=1S/C24H49NO6S/c1-4-5-6-7-8-9-10-11-12-13-14-15-16-17-18-19-20-25-24(26)30-21-23(29-2)22-31-32(3,27)28/h23H,4-22H2,1-3H3,(H,25,26). The second kappa shape index (κ2) is 22.0. The summed E-state index contributed by atoms with van der Waals surface area (Å²) in [5, 5.41) is 2.71. The molecule has 0 bridgehead atoms. The van der Waals surface area contributed by atoms with Gasteiger partial charge in [0.2, 0.25) is 0 Å². The number of hydrogen-bond acceptors (Lipinski definition) is 6. The molecule has 32 heavy (non-hydrogen) atoms. The molecule has 1 N–H and O–H groups in total. The molecule has 0 saturated heterocycles. The first-order valence-electron chi connectivity index (χ1n) is 12.7. The van der Waals surface area contributed by atoms with Crippen molar-refractivity contribution < 1.29 is 26.9 Å². The minimum absolute atomic E-state index is 0.0587. The second-order valence-corrected chi connectivity index (χ2v) is 10.3. The number of carbonyl (C=O) groups excluding carboxylic acids is 1. The van der Waals surface area contributed by atoms with Crippen LogP contribution in [0.15, 0.2) is 0 Å². The molecule has 0 aromatic rings. The van der Waals surface area contributed by atoms with E-state index in [-0.39, 0.29) is 13.2 Å². The molecular weight excluding hydrogens is 430 g/mol. The van der Waals surface area contributed by atoms with Crippen LogP contribution < -0.4 is 5.32 Å². The van der Waals surface area contributed by atoms with Crippen molar-refractivity contribution in [1.82, 2.24) is 5.32 Å². The third-order valence-electron chi connectivity index (χ3n) is 5.50. The summed E-state index contributed by atoms with van der Waals surface area (Å²) >= 11 is 0. The van der Waals surface area contributed by atoms with E-state index in [2.05, 4.69) is 16.4 Å². The summed E-state index contributed by atoms with van der Waals surface area (Å²) in [5.41, 5.74) is 0. The van der Waals surface area contributed by atoms with Crippen molar-refractivity contribution in [3.8, 4) is 0 Å². The van der Waals surface area contributed by atoms with E-state index in [1.165, 1.54) is 97.0 Å². The van der Waals surface area contributed by atoms with Crippen LogP contribution in [0.3, 0.4) is 0 Å². The molecule has 1 amide bonds. The maximum Gasteiger partial charge on any atom is 0.407 e. The largest absolute Gasteiger partial charge is 0.447 e. The monoisotopic (exact) mass is 479 g/mol. The SMILES string of the molecule is CCCCCCCCCCCCCCCCCCNC(=O)OCC(COS(C)(=O)=O)OC. The van der Waals surface area contributed by atoms with E-state index in [9.17, 15) is 13.2 Å². The van der Waals surface area contributed by atoms with Crippen molar-refractivity contribution in [3.05, 3.63) is 0 Å². The van der Waals surface area contributed by atoms with Crippen molar-refractivity contribution in [2.24, 2.45) is 0 Å². The van der Waals surface area contributed by atoms with Crippen LogP contribution >= 0.6 is 0 Å². The fraction of sp³-hybridized carbons (Fsp3) is 0.958. The minimum atomic E-state index is -3.54. The lowest BCUT2D eigenvalue weighted by Crippen LogP contribution is -2.32. The van der Waals surface area contributed by atoms with Gasteiger partial charge < -0.3 is 14.8 Å². The van der Waals surface area contributed by atoms with Gasteiger partial charge in [0.15, 0.2) is 0 Å². The van der Waals surface area contributed by atoms with Gasteiger partial charge in [-0.3, -0.25) is 4.18 Å². The van der Waals surface area contributed by atoms with Crippen LogP contribution in [-0.4, -0.2) is 53.7 Å². The number of nitrogens with one attached hydrogen (secondary N) is 1. The molecule has 0 aromatic heterocycles. The number of carbonyl (C=O) groups is 1. The van der Waals surface area contributed by atoms with Crippen LogP contribution in [0.4, 0.5) is 4.79 Å². The zero-order valence-corrected chi connectivity index (χ0v) is 21.7. The maximum absolute atomic E-state index is 11.7. The van der Waals surface area contributed by atoms with Crippen molar-refractivity contribution in [2.45, 2.75) is 116 Å². The first kappa shape index (κ1) is 31.1. The summed E-state index contributed by atoms with van der Waals surface area (Å²) in [6, 6.07) is 0. The molecule has 0 spiro atoms. The van der Waals surface area contributed by atoms with Crippen LogP contribution in [0, 0.1) is 0 Å². The lowest BCUT2D eigenvalue weighted by Gasteiger charge is -2.15. The topological polar surface area (TPSA) is 90.9 Å². The Labute approximate surface area is 197 Å². The van der Waals surface area contributed by atoms with E-state index in [0.717, 1.165) is 19.1 Å². The highest BCUT2D eigenvalue weighted by atomic mass is 32.2. The van der Waals surface area contributed by atoms with E-state index in [1.54, 1.807) is 0 Å². The summed E-state index contributed by atoms with van der Waals surface area (Å²) in [7, 11) is -2.13.